The molecule has 5 nitrogen and oxygen atoms in total. The molecule has 2 aliphatic rings. The van der Waals surface area contributed by atoms with Crippen molar-refractivity contribution in [1.29, 1.82) is 0 Å². The van der Waals surface area contributed by atoms with E-state index in [-0.39, 0.29) is 51.5 Å². The fourth-order valence-electron chi connectivity index (χ4n) is 6.74. The quantitative estimate of drug-likeness (QED) is 0.241. The molecule has 5 unspecified atom stereocenters. The minimum Gasteiger partial charge on any atom is -0.468 e. The lowest BCUT2D eigenvalue weighted by Crippen LogP contribution is -2.53. The van der Waals surface area contributed by atoms with Crippen LogP contribution >= 0.6 is 11.8 Å². The molecule has 0 aliphatic heterocycles. The molecular weight excluding hydrogens is 470 g/mol. The maximum absolute atomic E-state index is 13.0. The summed E-state index contributed by atoms with van der Waals surface area (Å²) in [6.45, 7) is 16.7. The third-order valence-corrected chi connectivity index (χ3v) is 9.72. The van der Waals surface area contributed by atoms with Gasteiger partial charge in [-0.15, -0.1) is 0 Å². The monoisotopic (exact) mass is 519 g/mol. The van der Waals surface area contributed by atoms with Gasteiger partial charge in [0.05, 0.1) is 7.11 Å². The maximum atomic E-state index is 13.0. The summed E-state index contributed by atoms with van der Waals surface area (Å²) < 4.78 is 5.21. The van der Waals surface area contributed by atoms with Crippen LogP contribution in [0.5, 0.6) is 0 Å². The lowest BCUT2D eigenvalue weighted by Gasteiger charge is -2.45. The number of methoxy groups -OCH3 is 1. The molecule has 1 N–H and O–H groups in total. The molecule has 6 heteroatoms. The van der Waals surface area contributed by atoms with E-state index in [1.54, 1.807) is 25.6 Å². The highest BCUT2D eigenvalue weighted by atomic mass is 32.2. The third-order valence-electron chi connectivity index (χ3n) is 8.32. The van der Waals surface area contributed by atoms with E-state index < -0.39 is 6.04 Å². The van der Waals surface area contributed by atoms with Gasteiger partial charge in [-0.25, -0.2) is 0 Å². The Balaban J connectivity index is 2.32. The Morgan fingerprint density at radius 2 is 1.44 bits per heavy atom. The van der Waals surface area contributed by atoms with Crippen LogP contribution in [0.1, 0.15) is 93.9 Å². The first-order valence-electron chi connectivity index (χ1n) is 13.5. The molecule has 2 aliphatic carbocycles. The summed E-state index contributed by atoms with van der Waals surface area (Å²) in [4.78, 5) is 37.6. The zero-order valence-electron chi connectivity index (χ0n) is 24.0. The van der Waals surface area contributed by atoms with Gasteiger partial charge in [0.2, 0.25) is 0 Å². The first-order valence-corrected chi connectivity index (χ1v) is 14.5. The topological polar surface area (TPSA) is 72.5 Å². The first-order chi connectivity index (χ1) is 16.7. The number of nitrogens with one attached hydrogen (secondary N) is 1. The van der Waals surface area contributed by atoms with Crippen LogP contribution < -0.4 is 5.32 Å². The second-order valence-electron chi connectivity index (χ2n) is 12.4. The summed E-state index contributed by atoms with van der Waals surface area (Å²) in [5.74, 6) is 0.884. The van der Waals surface area contributed by atoms with E-state index in [4.69, 9.17) is 4.74 Å². The van der Waals surface area contributed by atoms with Gasteiger partial charge in [0.25, 0.3) is 0 Å². The standard InChI is InChI=1S/C30H49NO4S/c1-19-12-10-14-29(5,6)26(19)23(16-21(3)32)31-24(28(34)35-9)18-36-25(17-22(4)33)27-20(2)13-11-15-30(27,7)8/h12-13,23-27,31H,10-11,14-18H2,1-9H3. The van der Waals surface area contributed by atoms with Crippen molar-refractivity contribution < 1.29 is 19.1 Å². The summed E-state index contributed by atoms with van der Waals surface area (Å²) in [5.41, 5.74) is 2.73. The molecule has 36 heavy (non-hydrogen) atoms. The van der Waals surface area contributed by atoms with Crippen molar-refractivity contribution in [3.8, 4) is 0 Å². The van der Waals surface area contributed by atoms with Crippen molar-refractivity contribution in [3.05, 3.63) is 23.3 Å². The largest absolute Gasteiger partial charge is 0.468 e. The second kappa shape index (κ2) is 12.9. The van der Waals surface area contributed by atoms with Crippen LogP contribution in [0, 0.1) is 22.7 Å². The van der Waals surface area contributed by atoms with E-state index in [9.17, 15) is 14.4 Å². The van der Waals surface area contributed by atoms with Crippen molar-refractivity contribution in [2.24, 2.45) is 22.7 Å². The molecule has 0 bridgehead atoms. The molecule has 204 valence electrons. The molecule has 0 saturated heterocycles. The van der Waals surface area contributed by atoms with E-state index in [1.165, 1.54) is 18.3 Å². The highest BCUT2D eigenvalue weighted by Gasteiger charge is 2.42. The molecule has 5 atom stereocenters. The smallest absolute Gasteiger partial charge is 0.323 e. The first kappa shape index (κ1) is 30.8. The van der Waals surface area contributed by atoms with E-state index in [1.807, 2.05) is 0 Å². The summed E-state index contributed by atoms with van der Waals surface area (Å²) in [7, 11) is 1.42. The fraction of sp³-hybridized carbons (Fsp3) is 0.767. The number of allylic oxidation sites excluding steroid dienone is 3. The Labute approximate surface area is 223 Å². The highest BCUT2D eigenvalue weighted by molar-refractivity contribution is 8.00. The molecular formula is C30H49NO4S. The van der Waals surface area contributed by atoms with Gasteiger partial charge in [0, 0.05) is 35.8 Å². The average Bonchev–Trinajstić information content (AvgIpc) is 2.73. The van der Waals surface area contributed by atoms with Gasteiger partial charge in [-0.05, 0) is 70.1 Å². The minimum absolute atomic E-state index is 0.0188. The molecule has 0 fully saturated rings. The third kappa shape index (κ3) is 8.05. The number of esters is 1. The Hall–Kier alpha value is -1.40. The molecule has 0 aromatic heterocycles. The molecule has 2 rings (SSSR count). The predicted molar refractivity (Wildman–Crippen MR) is 150 cm³/mol. The summed E-state index contributed by atoms with van der Waals surface area (Å²) in [6.07, 6.45) is 9.67. The van der Waals surface area contributed by atoms with Crippen LogP contribution in [0.15, 0.2) is 23.3 Å². The van der Waals surface area contributed by atoms with Gasteiger partial charge in [-0.2, -0.15) is 11.8 Å². The van der Waals surface area contributed by atoms with Crippen LogP contribution in [0.25, 0.3) is 0 Å². The lowest BCUT2D eigenvalue weighted by atomic mass is 9.65. The Morgan fingerprint density at radius 1 is 0.944 bits per heavy atom. The van der Waals surface area contributed by atoms with Gasteiger partial charge in [0.15, 0.2) is 0 Å². The van der Waals surface area contributed by atoms with Crippen molar-refractivity contribution in [2.75, 3.05) is 12.9 Å². The van der Waals surface area contributed by atoms with E-state index >= 15 is 0 Å². The van der Waals surface area contributed by atoms with Gasteiger partial charge in [0.1, 0.15) is 17.6 Å². The van der Waals surface area contributed by atoms with Crippen LogP contribution in [0.3, 0.4) is 0 Å². The van der Waals surface area contributed by atoms with E-state index in [2.05, 4.69) is 59.0 Å². The highest BCUT2D eigenvalue weighted by Crippen LogP contribution is 2.47. The number of ketones is 2. The Morgan fingerprint density at radius 3 is 1.89 bits per heavy atom. The van der Waals surface area contributed by atoms with Gasteiger partial charge < -0.3 is 4.74 Å². The fourth-order valence-corrected chi connectivity index (χ4v) is 8.54. The molecule has 0 heterocycles. The molecule has 0 saturated carbocycles. The van der Waals surface area contributed by atoms with Crippen LogP contribution in [-0.4, -0.2) is 47.7 Å². The number of Topliss-reactive ketones (excluding diaryl/α,β-unsaturated/α-hetero) is 2. The van der Waals surface area contributed by atoms with Gasteiger partial charge in [-0.3, -0.25) is 19.7 Å². The number of thioether (sulfide) groups is 1. The SMILES string of the molecule is COC(=O)C(CSC(CC(C)=O)C1C(C)=CCCC1(C)C)NC(CC(C)=O)C1C(C)=CCCC1(C)C. The number of carbonyl (C=O) groups excluding carboxylic acids is 3. The molecule has 0 spiro atoms. The van der Waals surface area contributed by atoms with Crippen molar-refractivity contribution in [2.45, 2.75) is 111 Å². The zero-order chi connectivity index (χ0) is 27.3. The van der Waals surface area contributed by atoms with Crippen LogP contribution in [0.4, 0.5) is 0 Å². The van der Waals surface area contributed by atoms with Gasteiger partial charge in [-0.1, -0.05) is 51.0 Å². The van der Waals surface area contributed by atoms with Crippen molar-refractivity contribution in [3.63, 3.8) is 0 Å². The summed E-state index contributed by atoms with van der Waals surface area (Å²) in [5, 5.41) is 3.66. The number of rotatable bonds is 12. The van der Waals surface area contributed by atoms with Crippen LogP contribution in [0.2, 0.25) is 0 Å². The van der Waals surface area contributed by atoms with Crippen LogP contribution in [-0.2, 0) is 19.1 Å². The minimum atomic E-state index is -0.555. The maximum Gasteiger partial charge on any atom is 0.323 e. The molecule has 0 aromatic rings. The van der Waals surface area contributed by atoms with E-state index in [0.717, 1.165) is 25.7 Å². The number of hydrogen-bond donors (Lipinski definition) is 1. The average molecular weight is 520 g/mol. The zero-order valence-corrected chi connectivity index (χ0v) is 24.8. The Bertz CT molecular complexity index is 872. The molecule has 0 amide bonds. The Kier molecular flexibility index (Phi) is 11.0. The predicted octanol–water partition coefficient (Wildman–Crippen LogP) is 6.31. The second-order valence-corrected chi connectivity index (χ2v) is 13.7. The summed E-state index contributed by atoms with van der Waals surface area (Å²) in [6, 6.07) is -0.710. The number of carbonyl (C=O) groups is 3. The number of hydrogen-bond acceptors (Lipinski definition) is 6. The van der Waals surface area contributed by atoms with Gasteiger partial charge >= 0.3 is 5.97 Å². The van der Waals surface area contributed by atoms with Crippen molar-refractivity contribution >= 4 is 29.3 Å². The number of ether oxygens (including phenoxy) is 1. The lowest BCUT2D eigenvalue weighted by molar-refractivity contribution is -0.143. The molecule has 0 radical (unpaired) electrons. The normalized spacial score (nSPS) is 25.7. The van der Waals surface area contributed by atoms with Crippen molar-refractivity contribution in [1.82, 2.24) is 5.32 Å². The van der Waals surface area contributed by atoms with E-state index in [0.29, 0.717) is 18.6 Å². The summed E-state index contributed by atoms with van der Waals surface area (Å²) >= 11 is 1.70. The molecule has 0 aromatic carbocycles.